The SMILES string of the molecule is CCN(CCCCCN(C(C)=O)C(=O)/C=C/c1ccccc1)Cc1ccccc1. The Kier molecular flexibility index (Phi) is 9.87. The van der Waals surface area contributed by atoms with Gasteiger partial charge in [0.05, 0.1) is 0 Å². The second-order valence-electron chi connectivity index (χ2n) is 7.17. The van der Waals surface area contributed by atoms with E-state index >= 15 is 0 Å². The lowest BCUT2D eigenvalue weighted by Crippen LogP contribution is -2.34. The number of hydrogen-bond donors (Lipinski definition) is 0. The molecule has 0 radical (unpaired) electrons. The molecule has 0 fully saturated rings. The van der Waals surface area contributed by atoms with Crippen molar-refractivity contribution in [2.45, 2.75) is 39.7 Å². The average Bonchev–Trinajstić information content (AvgIpc) is 2.74. The summed E-state index contributed by atoms with van der Waals surface area (Å²) in [4.78, 5) is 28.0. The van der Waals surface area contributed by atoms with Crippen molar-refractivity contribution in [3.05, 3.63) is 77.9 Å². The summed E-state index contributed by atoms with van der Waals surface area (Å²) < 4.78 is 0. The normalized spacial score (nSPS) is 11.1. The highest BCUT2D eigenvalue weighted by molar-refractivity contribution is 6.02. The Morgan fingerprint density at radius 3 is 2.10 bits per heavy atom. The van der Waals surface area contributed by atoms with Crippen LogP contribution >= 0.6 is 0 Å². The Bertz CT molecular complexity index is 772. The molecule has 0 spiro atoms. The van der Waals surface area contributed by atoms with Crippen molar-refractivity contribution in [1.82, 2.24) is 9.80 Å². The molecule has 2 aromatic rings. The molecule has 0 aliphatic heterocycles. The zero-order chi connectivity index (χ0) is 20.9. The maximum absolute atomic E-state index is 12.4. The van der Waals surface area contributed by atoms with E-state index in [1.165, 1.54) is 23.5 Å². The Morgan fingerprint density at radius 2 is 1.48 bits per heavy atom. The lowest BCUT2D eigenvalue weighted by Gasteiger charge is -2.21. The molecule has 0 bridgehead atoms. The number of nitrogens with zero attached hydrogens (tertiary/aromatic N) is 2. The fraction of sp³-hybridized carbons (Fsp3) is 0.360. The summed E-state index contributed by atoms with van der Waals surface area (Å²) in [6.07, 6.45) is 6.11. The van der Waals surface area contributed by atoms with Gasteiger partial charge in [-0.1, -0.05) is 74.0 Å². The summed E-state index contributed by atoms with van der Waals surface area (Å²) in [5.41, 5.74) is 2.27. The molecule has 0 heterocycles. The zero-order valence-electron chi connectivity index (χ0n) is 17.6. The van der Waals surface area contributed by atoms with E-state index < -0.39 is 0 Å². The van der Waals surface area contributed by atoms with Gasteiger partial charge in [0.1, 0.15) is 0 Å². The van der Waals surface area contributed by atoms with Gasteiger partial charge < -0.3 is 0 Å². The van der Waals surface area contributed by atoms with E-state index in [0.717, 1.165) is 44.5 Å². The van der Waals surface area contributed by atoms with Crippen molar-refractivity contribution in [1.29, 1.82) is 0 Å². The smallest absolute Gasteiger partial charge is 0.253 e. The summed E-state index contributed by atoms with van der Waals surface area (Å²) in [7, 11) is 0. The van der Waals surface area contributed by atoms with Gasteiger partial charge in [-0.2, -0.15) is 0 Å². The first kappa shape index (κ1) is 22.6. The summed E-state index contributed by atoms with van der Waals surface area (Å²) in [5.74, 6) is -0.451. The average molecular weight is 393 g/mol. The van der Waals surface area contributed by atoms with Crippen LogP contribution in [0.3, 0.4) is 0 Å². The van der Waals surface area contributed by atoms with Crippen LogP contribution in [0.1, 0.15) is 44.2 Å². The van der Waals surface area contributed by atoms with Gasteiger partial charge >= 0.3 is 0 Å². The molecule has 0 atom stereocenters. The highest BCUT2D eigenvalue weighted by Crippen LogP contribution is 2.08. The molecule has 0 aliphatic carbocycles. The molecule has 4 nitrogen and oxygen atoms in total. The van der Waals surface area contributed by atoms with Crippen molar-refractivity contribution < 1.29 is 9.59 Å². The number of carbonyl (C=O) groups is 2. The molecule has 0 saturated heterocycles. The molecular formula is C25H32N2O2. The molecular weight excluding hydrogens is 360 g/mol. The van der Waals surface area contributed by atoms with Crippen LogP contribution in [0.2, 0.25) is 0 Å². The monoisotopic (exact) mass is 392 g/mol. The maximum Gasteiger partial charge on any atom is 0.253 e. The number of hydrogen-bond acceptors (Lipinski definition) is 3. The Hall–Kier alpha value is -2.72. The van der Waals surface area contributed by atoms with Gasteiger partial charge in [-0.15, -0.1) is 0 Å². The van der Waals surface area contributed by atoms with E-state index in [0.29, 0.717) is 6.54 Å². The van der Waals surface area contributed by atoms with Crippen molar-refractivity contribution >= 4 is 17.9 Å². The zero-order valence-corrected chi connectivity index (χ0v) is 17.6. The second kappa shape index (κ2) is 12.7. The highest BCUT2D eigenvalue weighted by atomic mass is 16.2. The molecule has 0 aromatic heterocycles. The lowest BCUT2D eigenvalue weighted by atomic mass is 10.2. The predicted molar refractivity (Wildman–Crippen MR) is 119 cm³/mol. The summed E-state index contributed by atoms with van der Waals surface area (Å²) in [6.45, 7) is 7.09. The minimum Gasteiger partial charge on any atom is -0.299 e. The first-order valence-corrected chi connectivity index (χ1v) is 10.4. The summed E-state index contributed by atoms with van der Waals surface area (Å²) in [6, 6.07) is 20.1. The lowest BCUT2D eigenvalue weighted by molar-refractivity contribution is -0.140. The van der Waals surface area contributed by atoms with E-state index in [2.05, 4.69) is 36.1 Å². The number of amides is 2. The number of rotatable bonds is 11. The van der Waals surface area contributed by atoms with Crippen LogP contribution in [0, 0.1) is 0 Å². The van der Waals surface area contributed by atoms with Crippen LogP contribution in [-0.2, 0) is 16.1 Å². The van der Waals surface area contributed by atoms with Crippen LogP contribution in [0.15, 0.2) is 66.7 Å². The Balaban J connectivity index is 1.73. The second-order valence-corrected chi connectivity index (χ2v) is 7.17. The Morgan fingerprint density at radius 1 is 0.862 bits per heavy atom. The minimum atomic E-state index is -0.249. The fourth-order valence-electron chi connectivity index (χ4n) is 3.22. The van der Waals surface area contributed by atoms with Gasteiger partial charge in [-0.3, -0.25) is 19.4 Å². The molecule has 2 rings (SSSR count). The topological polar surface area (TPSA) is 40.6 Å². The highest BCUT2D eigenvalue weighted by Gasteiger charge is 2.14. The van der Waals surface area contributed by atoms with Gasteiger partial charge in [0.15, 0.2) is 0 Å². The summed E-state index contributed by atoms with van der Waals surface area (Å²) in [5, 5.41) is 0. The van der Waals surface area contributed by atoms with Crippen molar-refractivity contribution in [2.75, 3.05) is 19.6 Å². The maximum atomic E-state index is 12.4. The fourth-order valence-corrected chi connectivity index (χ4v) is 3.22. The molecule has 0 N–H and O–H groups in total. The third kappa shape index (κ3) is 8.44. The third-order valence-corrected chi connectivity index (χ3v) is 4.92. The van der Waals surface area contributed by atoms with E-state index in [1.54, 1.807) is 6.08 Å². The van der Waals surface area contributed by atoms with Crippen molar-refractivity contribution in [3.8, 4) is 0 Å². The van der Waals surface area contributed by atoms with Crippen LogP contribution in [0.25, 0.3) is 6.08 Å². The first-order valence-electron chi connectivity index (χ1n) is 10.4. The minimum absolute atomic E-state index is 0.202. The van der Waals surface area contributed by atoms with Gasteiger partial charge in [0, 0.05) is 26.1 Å². The number of benzene rings is 2. The number of unbranched alkanes of at least 4 members (excludes halogenated alkanes) is 2. The van der Waals surface area contributed by atoms with E-state index in [9.17, 15) is 9.59 Å². The van der Waals surface area contributed by atoms with Gasteiger partial charge in [0.25, 0.3) is 5.91 Å². The van der Waals surface area contributed by atoms with Crippen LogP contribution in [0.4, 0.5) is 0 Å². The number of imide groups is 1. The molecule has 2 amide bonds. The summed E-state index contributed by atoms with van der Waals surface area (Å²) >= 11 is 0. The molecule has 4 heteroatoms. The number of carbonyl (C=O) groups excluding carboxylic acids is 2. The van der Waals surface area contributed by atoms with Crippen LogP contribution in [0.5, 0.6) is 0 Å². The molecule has 2 aromatic carbocycles. The largest absolute Gasteiger partial charge is 0.299 e. The van der Waals surface area contributed by atoms with Crippen LogP contribution < -0.4 is 0 Å². The molecule has 0 saturated carbocycles. The molecule has 154 valence electrons. The molecule has 29 heavy (non-hydrogen) atoms. The quantitative estimate of drug-likeness (QED) is 0.409. The van der Waals surface area contributed by atoms with Gasteiger partial charge in [-0.05, 0) is 43.1 Å². The van der Waals surface area contributed by atoms with E-state index in [-0.39, 0.29) is 11.8 Å². The molecule has 0 aliphatic rings. The van der Waals surface area contributed by atoms with E-state index in [1.807, 2.05) is 36.4 Å². The standard InChI is InChI=1S/C25H32N2O2/c1-3-26(21-24-15-9-5-10-16-24)19-11-6-12-20-27(22(2)28)25(29)18-17-23-13-7-4-8-14-23/h4-5,7-10,13-18H,3,6,11-12,19-21H2,1-2H3/b18-17+. The first-order chi connectivity index (χ1) is 14.1. The third-order valence-electron chi connectivity index (χ3n) is 4.92. The van der Waals surface area contributed by atoms with Crippen LogP contribution in [-0.4, -0.2) is 41.2 Å². The van der Waals surface area contributed by atoms with Gasteiger partial charge in [-0.25, -0.2) is 0 Å². The predicted octanol–water partition coefficient (Wildman–Crippen LogP) is 4.77. The van der Waals surface area contributed by atoms with Crippen molar-refractivity contribution in [2.24, 2.45) is 0 Å². The van der Waals surface area contributed by atoms with E-state index in [4.69, 9.17) is 0 Å². The Labute approximate surface area is 174 Å². The van der Waals surface area contributed by atoms with Gasteiger partial charge in [0.2, 0.25) is 5.91 Å². The molecule has 0 unspecified atom stereocenters. The van der Waals surface area contributed by atoms with Crippen molar-refractivity contribution in [3.63, 3.8) is 0 Å².